The fraction of sp³-hybridized carbons (Fsp3) is 0.514. The van der Waals surface area contributed by atoms with Crippen LogP contribution in [0.15, 0.2) is 72.8 Å². The molecule has 0 N–H and O–H groups in total. The molecule has 0 spiro atoms. The predicted molar refractivity (Wildman–Crippen MR) is 172 cm³/mol. The number of nitrogens with zero attached hydrogens (tertiary/aromatic N) is 2. The molecule has 3 atom stereocenters. The van der Waals surface area contributed by atoms with E-state index in [-0.39, 0.29) is 29.9 Å². The third-order valence-electron chi connectivity index (χ3n) is 9.33. The standard InChI is InChI=1S/C37H48N2O4/c1-6-42-35(40)29-19-21-31(22-20-29)38-23-30(34(25-38)28-13-8-7-9-14-28)24-39(36(41)43-37(3,4)5)26(2)32-18-12-16-27-15-10-11-17-33(27)32/h7-18,26,29-31,34H,6,19-25H2,1-5H3/t26-,29?,30-,31?,34-/m1/s1. The van der Waals surface area contributed by atoms with Gasteiger partial charge in [-0.2, -0.15) is 0 Å². The van der Waals surface area contributed by atoms with Crippen molar-refractivity contribution in [2.45, 2.75) is 83.9 Å². The van der Waals surface area contributed by atoms with Crippen LogP contribution in [0.5, 0.6) is 0 Å². The van der Waals surface area contributed by atoms with E-state index in [1.54, 1.807) is 0 Å². The number of hydrogen-bond acceptors (Lipinski definition) is 5. The summed E-state index contributed by atoms with van der Waals surface area (Å²) in [4.78, 5) is 30.9. The van der Waals surface area contributed by atoms with Gasteiger partial charge in [-0.1, -0.05) is 72.8 Å². The Morgan fingerprint density at radius 2 is 1.58 bits per heavy atom. The SMILES string of the molecule is CCOC(=O)C1CCC(N2C[C@H](CN(C(=O)OC(C)(C)C)[C@H](C)c3cccc4ccccc34)[C@@H](c3ccccc3)C2)CC1. The number of carbonyl (C=O) groups excluding carboxylic acids is 2. The van der Waals surface area contributed by atoms with Gasteiger partial charge in [-0.3, -0.25) is 9.69 Å². The van der Waals surface area contributed by atoms with E-state index < -0.39 is 5.60 Å². The molecule has 0 aromatic heterocycles. The molecule has 5 rings (SSSR count). The molecule has 230 valence electrons. The third kappa shape index (κ3) is 7.41. The van der Waals surface area contributed by atoms with Crippen molar-refractivity contribution in [1.82, 2.24) is 9.80 Å². The smallest absolute Gasteiger partial charge is 0.410 e. The van der Waals surface area contributed by atoms with Crippen molar-refractivity contribution in [3.63, 3.8) is 0 Å². The van der Waals surface area contributed by atoms with Gasteiger partial charge in [0.05, 0.1) is 18.6 Å². The van der Waals surface area contributed by atoms with E-state index in [9.17, 15) is 9.59 Å². The van der Waals surface area contributed by atoms with Crippen LogP contribution in [0.3, 0.4) is 0 Å². The summed E-state index contributed by atoms with van der Waals surface area (Å²) in [5.74, 6) is 0.519. The quantitative estimate of drug-likeness (QED) is 0.251. The minimum atomic E-state index is -0.591. The summed E-state index contributed by atoms with van der Waals surface area (Å²) in [5, 5.41) is 2.33. The molecular formula is C37H48N2O4. The average molecular weight is 585 g/mol. The summed E-state index contributed by atoms with van der Waals surface area (Å²) < 4.78 is 11.4. The first kappa shape index (κ1) is 31.1. The van der Waals surface area contributed by atoms with Crippen LogP contribution >= 0.6 is 0 Å². The van der Waals surface area contributed by atoms with E-state index in [4.69, 9.17) is 9.47 Å². The summed E-state index contributed by atoms with van der Waals surface area (Å²) in [6, 6.07) is 25.8. The van der Waals surface area contributed by atoms with E-state index in [1.165, 1.54) is 10.9 Å². The maximum atomic E-state index is 13.9. The normalized spacial score (nSPS) is 23.6. The van der Waals surface area contributed by atoms with Gasteiger partial charge in [0.1, 0.15) is 5.60 Å². The van der Waals surface area contributed by atoms with Crippen molar-refractivity contribution in [1.29, 1.82) is 0 Å². The number of hydrogen-bond donors (Lipinski definition) is 0. The molecule has 43 heavy (non-hydrogen) atoms. The van der Waals surface area contributed by atoms with Gasteiger partial charge >= 0.3 is 12.1 Å². The summed E-state index contributed by atoms with van der Waals surface area (Å²) in [6.07, 6.45) is 3.49. The third-order valence-corrected chi connectivity index (χ3v) is 9.33. The van der Waals surface area contributed by atoms with Crippen molar-refractivity contribution in [2.75, 3.05) is 26.2 Å². The zero-order valence-corrected chi connectivity index (χ0v) is 26.5. The lowest BCUT2D eigenvalue weighted by Gasteiger charge is -2.36. The van der Waals surface area contributed by atoms with Crippen LogP contribution < -0.4 is 0 Å². The average Bonchev–Trinajstić information content (AvgIpc) is 3.43. The molecule has 6 heteroatoms. The number of benzene rings is 3. The number of carbonyl (C=O) groups is 2. The lowest BCUT2D eigenvalue weighted by atomic mass is 9.85. The van der Waals surface area contributed by atoms with Gasteiger partial charge in [0.15, 0.2) is 0 Å². The summed E-state index contributed by atoms with van der Waals surface area (Å²) in [7, 11) is 0. The zero-order valence-electron chi connectivity index (χ0n) is 26.5. The number of rotatable bonds is 8. The largest absolute Gasteiger partial charge is 0.466 e. The summed E-state index contributed by atoms with van der Waals surface area (Å²) in [5.41, 5.74) is 1.86. The Morgan fingerprint density at radius 1 is 0.907 bits per heavy atom. The second-order valence-corrected chi connectivity index (χ2v) is 13.4. The van der Waals surface area contributed by atoms with Gasteiger partial charge in [0.2, 0.25) is 0 Å². The van der Waals surface area contributed by atoms with Crippen molar-refractivity contribution in [3.8, 4) is 0 Å². The van der Waals surface area contributed by atoms with Crippen molar-refractivity contribution >= 4 is 22.8 Å². The van der Waals surface area contributed by atoms with Gasteiger partial charge in [0, 0.05) is 31.6 Å². The molecule has 1 aliphatic carbocycles. The fourth-order valence-corrected chi connectivity index (χ4v) is 7.15. The van der Waals surface area contributed by atoms with Crippen molar-refractivity contribution in [3.05, 3.63) is 83.9 Å². The van der Waals surface area contributed by atoms with Gasteiger partial charge < -0.3 is 14.4 Å². The number of esters is 1. The maximum Gasteiger partial charge on any atom is 0.410 e. The Kier molecular flexibility index (Phi) is 9.75. The first-order valence-electron chi connectivity index (χ1n) is 16.1. The Morgan fingerprint density at radius 3 is 2.28 bits per heavy atom. The second-order valence-electron chi connectivity index (χ2n) is 13.4. The highest BCUT2D eigenvalue weighted by molar-refractivity contribution is 5.86. The summed E-state index contributed by atoms with van der Waals surface area (Å²) in [6.45, 7) is 12.7. The number of amides is 1. The number of fused-ring (bicyclic) bond motifs is 1. The Bertz CT molecular complexity index is 1370. The molecule has 1 saturated carbocycles. The topological polar surface area (TPSA) is 59.1 Å². The number of ether oxygens (including phenoxy) is 2. The molecule has 1 aliphatic heterocycles. The predicted octanol–water partition coefficient (Wildman–Crippen LogP) is 7.98. The first-order chi connectivity index (χ1) is 20.6. The van der Waals surface area contributed by atoms with Gasteiger partial charge in [-0.15, -0.1) is 0 Å². The lowest BCUT2D eigenvalue weighted by molar-refractivity contribution is -0.149. The minimum Gasteiger partial charge on any atom is -0.466 e. The summed E-state index contributed by atoms with van der Waals surface area (Å²) >= 11 is 0. The molecule has 0 bridgehead atoms. The van der Waals surface area contributed by atoms with E-state index in [0.29, 0.717) is 25.1 Å². The minimum absolute atomic E-state index is 0.0173. The molecule has 1 amide bonds. The fourth-order valence-electron chi connectivity index (χ4n) is 7.15. The number of likely N-dealkylation sites (tertiary alicyclic amines) is 1. The van der Waals surface area contributed by atoms with Crippen LogP contribution in [0, 0.1) is 11.8 Å². The monoisotopic (exact) mass is 584 g/mol. The molecule has 2 aliphatic rings. The van der Waals surface area contributed by atoms with Crippen LogP contribution in [0.4, 0.5) is 4.79 Å². The van der Waals surface area contributed by atoms with Crippen LogP contribution in [0.25, 0.3) is 10.8 Å². The highest BCUT2D eigenvalue weighted by Gasteiger charge is 2.41. The molecule has 1 heterocycles. The van der Waals surface area contributed by atoms with E-state index >= 15 is 0 Å². The Balaban J connectivity index is 1.41. The first-order valence-corrected chi connectivity index (χ1v) is 16.1. The molecule has 3 aromatic rings. The van der Waals surface area contributed by atoms with Crippen LogP contribution in [0.1, 0.15) is 83.4 Å². The highest BCUT2D eigenvalue weighted by atomic mass is 16.6. The molecule has 6 nitrogen and oxygen atoms in total. The van der Waals surface area contributed by atoms with Crippen molar-refractivity contribution < 1.29 is 19.1 Å². The van der Waals surface area contributed by atoms with Crippen LogP contribution in [-0.2, 0) is 14.3 Å². The van der Waals surface area contributed by atoms with Gasteiger partial charge in [-0.25, -0.2) is 4.79 Å². The van der Waals surface area contributed by atoms with Crippen molar-refractivity contribution in [2.24, 2.45) is 11.8 Å². The molecule has 1 saturated heterocycles. The van der Waals surface area contributed by atoms with Crippen LogP contribution in [0.2, 0.25) is 0 Å². The Labute approximate surface area is 257 Å². The molecule has 2 fully saturated rings. The molecule has 3 aromatic carbocycles. The lowest BCUT2D eigenvalue weighted by Crippen LogP contribution is -2.43. The molecular weight excluding hydrogens is 536 g/mol. The highest BCUT2D eigenvalue weighted by Crippen LogP contribution is 2.40. The van der Waals surface area contributed by atoms with E-state index in [2.05, 4.69) is 84.6 Å². The van der Waals surface area contributed by atoms with Gasteiger partial charge in [-0.05, 0) is 88.1 Å². The van der Waals surface area contributed by atoms with Gasteiger partial charge in [0.25, 0.3) is 0 Å². The second kappa shape index (κ2) is 13.5. The zero-order chi connectivity index (χ0) is 30.6. The molecule has 0 radical (unpaired) electrons. The van der Waals surface area contributed by atoms with E-state index in [1.807, 2.05) is 32.6 Å². The van der Waals surface area contributed by atoms with Crippen LogP contribution in [-0.4, -0.2) is 59.7 Å². The Hall–Kier alpha value is -3.38. The molecule has 0 unspecified atom stereocenters. The van der Waals surface area contributed by atoms with E-state index in [0.717, 1.165) is 49.7 Å². The maximum absolute atomic E-state index is 13.9.